The zero-order chi connectivity index (χ0) is 12.1. The van der Waals surface area contributed by atoms with Gasteiger partial charge in [-0.15, -0.1) is 0 Å². The molecule has 4 nitrogen and oxygen atoms in total. The van der Waals surface area contributed by atoms with Crippen LogP contribution in [0.25, 0.3) is 0 Å². The molecule has 94 valence electrons. The second-order valence-electron chi connectivity index (χ2n) is 4.74. The fraction of sp³-hybridized carbons (Fsp3) is 0.917. The summed E-state index contributed by atoms with van der Waals surface area (Å²) in [6.45, 7) is 7.21. The van der Waals surface area contributed by atoms with Crippen LogP contribution in [0.1, 0.15) is 26.7 Å². The van der Waals surface area contributed by atoms with Gasteiger partial charge in [0.2, 0.25) is 5.91 Å². The van der Waals surface area contributed by atoms with Gasteiger partial charge >= 0.3 is 0 Å². The summed E-state index contributed by atoms with van der Waals surface area (Å²) < 4.78 is 0. The van der Waals surface area contributed by atoms with Gasteiger partial charge in [0.1, 0.15) is 0 Å². The van der Waals surface area contributed by atoms with E-state index in [1.165, 1.54) is 12.8 Å². The minimum Gasteiger partial charge on any atom is -0.347 e. The van der Waals surface area contributed by atoms with Crippen LogP contribution >= 0.6 is 0 Å². The molecule has 0 aromatic carbocycles. The average molecular weight is 227 g/mol. The molecule has 1 fully saturated rings. The van der Waals surface area contributed by atoms with Crippen molar-refractivity contribution >= 4 is 5.91 Å². The lowest BCUT2D eigenvalue weighted by Gasteiger charge is -2.38. The molecule has 0 radical (unpaired) electrons. The number of nitrogens with zero attached hydrogens (tertiary/aromatic N) is 2. The summed E-state index contributed by atoms with van der Waals surface area (Å²) in [6.07, 6.45) is 2.41. The average Bonchev–Trinajstić information content (AvgIpc) is 2.30. The fourth-order valence-electron chi connectivity index (χ4n) is 2.48. The van der Waals surface area contributed by atoms with Gasteiger partial charge in [0, 0.05) is 26.7 Å². The Labute approximate surface area is 99.0 Å². The highest BCUT2D eigenvalue weighted by Gasteiger charge is 2.28. The Kier molecular flexibility index (Phi) is 5.22. The van der Waals surface area contributed by atoms with E-state index >= 15 is 0 Å². The number of nitrogens with one attached hydrogen (secondary N) is 1. The maximum absolute atomic E-state index is 11.9. The van der Waals surface area contributed by atoms with Gasteiger partial charge in [0.25, 0.3) is 0 Å². The normalized spacial score (nSPS) is 23.2. The summed E-state index contributed by atoms with van der Waals surface area (Å²) in [4.78, 5) is 15.9. The van der Waals surface area contributed by atoms with Crippen LogP contribution in [0.5, 0.6) is 0 Å². The van der Waals surface area contributed by atoms with Crippen LogP contribution in [0.2, 0.25) is 0 Å². The van der Waals surface area contributed by atoms with E-state index in [9.17, 15) is 4.79 Å². The SMILES string of the molecule is CCN(C1CCCNC1)C(C)C(=O)N(C)C. The molecule has 0 aliphatic carbocycles. The van der Waals surface area contributed by atoms with Crippen LogP contribution in [-0.2, 0) is 4.79 Å². The molecule has 1 rings (SSSR count). The van der Waals surface area contributed by atoms with Crippen molar-refractivity contribution in [2.24, 2.45) is 0 Å². The van der Waals surface area contributed by atoms with Gasteiger partial charge in [0.05, 0.1) is 6.04 Å². The Balaban J connectivity index is 2.61. The lowest BCUT2D eigenvalue weighted by Crippen LogP contribution is -2.53. The molecule has 0 aromatic heterocycles. The van der Waals surface area contributed by atoms with Crippen molar-refractivity contribution in [3.63, 3.8) is 0 Å². The molecule has 1 N–H and O–H groups in total. The standard InChI is InChI=1S/C12H25N3O/c1-5-15(10(2)12(16)14(3)4)11-7-6-8-13-9-11/h10-11,13H,5-9H2,1-4H3. The summed E-state index contributed by atoms with van der Waals surface area (Å²) in [7, 11) is 3.65. The molecule has 0 bridgehead atoms. The van der Waals surface area contributed by atoms with Gasteiger partial charge in [-0.2, -0.15) is 0 Å². The molecule has 1 amide bonds. The summed E-state index contributed by atoms with van der Waals surface area (Å²) in [5, 5.41) is 3.41. The number of carbonyl (C=O) groups is 1. The molecular formula is C12H25N3O. The monoisotopic (exact) mass is 227 g/mol. The highest BCUT2D eigenvalue weighted by Crippen LogP contribution is 2.14. The number of hydrogen-bond acceptors (Lipinski definition) is 3. The van der Waals surface area contributed by atoms with Gasteiger partial charge in [-0.25, -0.2) is 0 Å². The van der Waals surface area contributed by atoms with Gasteiger partial charge in [-0.1, -0.05) is 6.92 Å². The first-order chi connectivity index (χ1) is 7.57. The minimum absolute atomic E-state index is 0.00935. The first-order valence-electron chi connectivity index (χ1n) is 6.25. The van der Waals surface area contributed by atoms with Crippen molar-refractivity contribution in [1.29, 1.82) is 0 Å². The van der Waals surface area contributed by atoms with Crippen molar-refractivity contribution in [2.75, 3.05) is 33.7 Å². The van der Waals surface area contributed by atoms with Crippen LogP contribution in [0.4, 0.5) is 0 Å². The molecule has 1 aliphatic rings. The van der Waals surface area contributed by atoms with Crippen molar-refractivity contribution in [1.82, 2.24) is 15.1 Å². The van der Waals surface area contributed by atoms with E-state index in [4.69, 9.17) is 0 Å². The zero-order valence-corrected chi connectivity index (χ0v) is 11.0. The summed E-state index contributed by atoms with van der Waals surface area (Å²) in [5.74, 6) is 0.201. The van der Waals surface area contributed by atoms with E-state index in [-0.39, 0.29) is 11.9 Å². The molecule has 1 aliphatic heterocycles. The third-order valence-corrected chi connectivity index (χ3v) is 3.40. The molecule has 1 heterocycles. The van der Waals surface area contributed by atoms with Crippen LogP contribution in [-0.4, -0.2) is 61.5 Å². The van der Waals surface area contributed by atoms with Gasteiger partial charge in [-0.3, -0.25) is 9.69 Å². The number of amides is 1. The Morgan fingerprint density at radius 3 is 2.62 bits per heavy atom. The van der Waals surface area contributed by atoms with Gasteiger partial charge in [0.15, 0.2) is 0 Å². The minimum atomic E-state index is -0.00935. The van der Waals surface area contributed by atoms with E-state index in [0.29, 0.717) is 6.04 Å². The smallest absolute Gasteiger partial charge is 0.239 e. The number of likely N-dealkylation sites (N-methyl/N-ethyl adjacent to an activating group) is 2. The van der Waals surface area contributed by atoms with E-state index in [1.54, 1.807) is 4.90 Å². The van der Waals surface area contributed by atoms with E-state index < -0.39 is 0 Å². The summed E-state index contributed by atoms with van der Waals surface area (Å²) >= 11 is 0. The number of hydrogen-bond donors (Lipinski definition) is 1. The fourth-order valence-corrected chi connectivity index (χ4v) is 2.48. The topological polar surface area (TPSA) is 35.6 Å². The van der Waals surface area contributed by atoms with Crippen LogP contribution in [0, 0.1) is 0 Å². The van der Waals surface area contributed by atoms with Crippen molar-refractivity contribution < 1.29 is 4.79 Å². The third-order valence-electron chi connectivity index (χ3n) is 3.40. The molecule has 2 unspecified atom stereocenters. The molecule has 0 aromatic rings. The van der Waals surface area contributed by atoms with E-state index in [1.807, 2.05) is 21.0 Å². The molecule has 0 spiro atoms. The molecule has 0 saturated carbocycles. The first kappa shape index (κ1) is 13.5. The zero-order valence-electron chi connectivity index (χ0n) is 11.0. The lowest BCUT2D eigenvalue weighted by molar-refractivity contribution is -0.134. The Morgan fingerprint density at radius 2 is 2.19 bits per heavy atom. The molecule has 16 heavy (non-hydrogen) atoms. The van der Waals surface area contributed by atoms with E-state index in [2.05, 4.69) is 17.1 Å². The van der Waals surface area contributed by atoms with Gasteiger partial charge < -0.3 is 10.2 Å². The Bertz CT molecular complexity index is 224. The second-order valence-corrected chi connectivity index (χ2v) is 4.74. The summed E-state index contributed by atoms with van der Waals surface area (Å²) in [5.41, 5.74) is 0. The predicted molar refractivity (Wildman–Crippen MR) is 66.4 cm³/mol. The second kappa shape index (κ2) is 6.21. The van der Waals surface area contributed by atoms with Crippen LogP contribution < -0.4 is 5.32 Å². The highest BCUT2D eigenvalue weighted by molar-refractivity contribution is 5.80. The van der Waals surface area contributed by atoms with Crippen LogP contribution in [0.15, 0.2) is 0 Å². The molecule has 4 heteroatoms. The van der Waals surface area contributed by atoms with Crippen LogP contribution in [0.3, 0.4) is 0 Å². The molecular weight excluding hydrogens is 202 g/mol. The van der Waals surface area contributed by atoms with Crippen molar-refractivity contribution in [3.05, 3.63) is 0 Å². The number of piperidine rings is 1. The van der Waals surface area contributed by atoms with Crippen molar-refractivity contribution in [3.8, 4) is 0 Å². The Morgan fingerprint density at radius 1 is 1.50 bits per heavy atom. The largest absolute Gasteiger partial charge is 0.347 e. The predicted octanol–water partition coefficient (Wildman–Crippen LogP) is 0.537. The lowest BCUT2D eigenvalue weighted by atomic mass is 10.0. The highest BCUT2D eigenvalue weighted by atomic mass is 16.2. The maximum atomic E-state index is 11.9. The quantitative estimate of drug-likeness (QED) is 0.761. The van der Waals surface area contributed by atoms with Gasteiger partial charge in [-0.05, 0) is 32.9 Å². The van der Waals surface area contributed by atoms with E-state index in [0.717, 1.165) is 19.6 Å². The molecule has 1 saturated heterocycles. The maximum Gasteiger partial charge on any atom is 0.239 e. The first-order valence-corrected chi connectivity index (χ1v) is 6.25. The summed E-state index contributed by atoms with van der Waals surface area (Å²) in [6, 6.07) is 0.502. The molecule has 2 atom stereocenters. The Hall–Kier alpha value is -0.610. The van der Waals surface area contributed by atoms with Crippen molar-refractivity contribution in [2.45, 2.75) is 38.8 Å². The number of carbonyl (C=O) groups excluding carboxylic acids is 1. The third kappa shape index (κ3) is 3.19. The number of rotatable bonds is 4.